The molecule has 1 amide bonds. The van der Waals surface area contributed by atoms with Gasteiger partial charge in [-0.25, -0.2) is 0 Å². The van der Waals surface area contributed by atoms with Crippen LogP contribution in [0.1, 0.15) is 39.2 Å². The molecule has 19 heavy (non-hydrogen) atoms. The normalized spacial score (nSPS) is 13.1. The summed E-state index contributed by atoms with van der Waals surface area (Å²) >= 11 is 5.80. The molecular weight excluding hydrogens is 260 g/mol. The van der Waals surface area contributed by atoms with Crippen LogP contribution in [-0.2, 0) is 11.3 Å². The number of halogens is 1. The number of carbonyl (C=O) groups excluding carboxylic acids is 1. The summed E-state index contributed by atoms with van der Waals surface area (Å²) in [5.41, 5.74) is 7.15. The maximum atomic E-state index is 11.8. The van der Waals surface area contributed by atoms with Gasteiger partial charge in [-0.05, 0) is 29.5 Å². The van der Waals surface area contributed by atoms with E-state index in [1.165, 1.54) is 0 Å². The molecule has 0 heterocycles. The highest BCUT2D eigenvalue weighted by Crippen LogP contribution is 2.20. The van der Waals surface area contributed by atoms with Gasteiger partial charge in [0, 0.05) is 24.0 Å². The van der Waals surface area contributed by atoms with E-state index in [1.807, 2.05) is 24.3 Å². The Labute approximate surface area is 120 Å². The third-order valence-corrected chi connectivity index (χ3v) is 2.98. The molecule has 1 aromatic carbocycles. The molecule has 1 aromatic rings. The van der Waals surface area contributed by atoms with Crippen LogP contribution >= 0.6 is 11.6 Å². The second kappa shape index (κ2) is 6.92. The van der Waals surface area contributed by atoms with Crippen molar-refractivity contribution in [2.75, 3.05) is 0 Å². The monoisotopic (exact) mass is 282 g/mol. The van der Waals surface area contributed by atoms with Gasteiger partial charge in [0.05, 0.1) is 0 Å². The summed E-state index contributed by atoms with van der Waals surface area (Å²) in [5.74, 6) is -0.00769. The predicted molar refractivity (Wildman–Crippen MR) is 80.0 cm³/mol. The van der Waals surface area contributed by atoms with Crippen LogP contribution < -0.4 is 11.1 Å². The first-order valence-electron chi connectivity index (χ1n) is 6.53. The van der Waals surface area contributed by atoms with E-state index in [2.05, 4.69) is 26.1 Å². The van der Waals surface area contributed by atoms with E-state index >= 15 is 0 Å². The van der Waals surface area contributed by atoms with E-state index < -0.39 is 0 Å². The average molecular weight is 283 g/mol. The Morgan fingerprint density at radius 1 is 1.32 bits per heavy atom. The zero-order chi connectivity index (χ0) is 14.5. The largest absolute Gasteiger partial charge is 0.352 e. The first-order valence-corrected chi connectivity index (χ1v) is 6.91. The lowest BCUT2D eigenvalue weighted by Crippen LogP contribution is -2.33. The van der Waals surface area contributed by atoms with E-state index in [9.17, 15) is 4.79 Å². The van der Waals surface area contributed by atoms with Crippen LogP contribution in [0, 0.1) is 5.41 Å². The van der Waals surface area contributed by atoms with E-state index in [0.29, 0.717) is 18.0 Å². The summed E-state index contributed by atoms with van der Waals surface area (Å²) < 4.78 is 0. The average Bonchev–Trinajstić information content (AvgIpc) is 2.25. The Morgan fingerprint density at radius 3 is 2.42 bits per heavy atom. The lowest BCUT2D eigenvalue weighted by atomic mass is 9.87. The molecule has 0 aliphatic carbocycles. The van der Waals surface area contributed by atoms with Crippen LogP contribution in [0.4, 0.5) is 0 Å². The number of hydrogen-bond acceptors (Lipinski definition) is 2. The minimum absolute atomic E-state index is 0.00769. The van der Waals surface area contributed by atoms with Crippen molar-refractivity contribution in [3.8, 4) is 0 Å². The number of benzene rings is 1. The highest BCUT2D eigenvalue weighted by Gasteiger charge is 2.17. The quantitative estimate of drug-likeness (QED) is 0.872. The van der Waals surface area contributed by atoms with Gasteiger partial charge in [-0.1, -0.05) is 44.5 Å². The minimum atomic E-state index is -0.0924. The highest BCUT2D eigenvalue weighted by atomic mass is 35.5. The second-order valence-electron chi connectivity index (χ2n) is 6.13. The van der Waals surface area contributed by atoms with Crippen LogP contribution in [0.3, 0.4) is 0 Å². The molecule has 1 rings (SSSR count). The number of amides is 1. The first kappa shape index (κ1) is 16.0. The maximum absolute atomic E-state index is 11.8. The number of rotatable bonds is 5. The molecule has 1 atom stereocenters. The van der Waals surface area contributed by atoms with Crippen LogP contribution in [0.5, 0.6) is 0 Å². The van der Waals surface area contributed by atoms with Gasteiger partial charge in [0.2, 0.25) is 5.91 Å². The fraction of sp³-hybridized carbons (Fsp3) is 0.533. The van der Waals surface area contributed by atoms with Crippen LogP contribution in [0.25, 0.3) is 0 Å². The smallest absolute Gasteiger partial charge is 0.221 e. The topological polar surface area (TPSA) is 55.1 Å². The number of nitrogens with one attached hydrogen (secondary N) is 1. The van der Waals surface area contributed by atoms with Gasteiger partial charge in [-0.15, -0.1) is 0 Å². The van der Waals surface area contributed by atoms with E-state index in [-0.39, 0.29) is 17.4 Å². The Hall–Kier alpha value is -1.06. The van der Waals surface area contributed by atoms with Gasteiger partial charge >= 0.3 is 0 Å². The van der Waals surface area contributed by atoms with Crippen molar-refractivity contribution >= 4 is 17.5 Å². The highest BCUT2D eigenvalue weighted by molar-refractivity contribution is 6.30. The van der Waals surface area contributed by atoms with Crippen molar-refractivity contribution < 1.29 is 4.79 Å². The van der Waals surface area contributed by atoms with Crippen molar-refractivity contribution in [2.24, 2.45) is 11.1 Å². The third-order valence-electron chi connectivity index (χ3n) is 2.73. The Balaban J connectivity index is 2.33. The third kappa shape index (κ3) is 7.19. The summed E-state index contributed by atoms with van der Waals surface area (Å²) in [6.45, 7) is 6.88. The van der Waals surface area contributed by atoms with Crippen molar-refractivity contribution in [1.29, 1.82) is 0 Å². The fourth-order valence-corrected chi connectivity index (χ4v) is 2.10. The lowest BCUT2D eigenvalue weighted by molar-refractivity contribution is -0.121. The van der Waals surface area contributed by atoms with Gasteiger partial charge in [-0.2, -0.15) is 0 Å². The Kier molecular flexibility index (Phi) is 5.83. The molecule has 0 fully saturated rings. The molecule has 0 bridgehead atoms. The molecule has 3 N–H and O–H groups in total. The summed E-state index contributed by atoms with van der Waals surface area (Å²) in [5, 5.41) is 3.57. The van der Waals surface area contributed by atoms with E-state index in [0.717, 1.165) is 12.0 Å². The van der Waals surface area contributed by atoms with Gasteiger partial charge in [0.15, 0.2) is 0 Å². The zero-order valence-corrected chi connectivity index (χ0v) is 12.6. The predicted octanol–water partition coefficient (Wildman–Crippen LogP) is 3.11. The molecule has 0 aromatic heterocycles. The van der Waals surface area contributed by atoms with Crippen molar-refractivity contribution in [1.82, 2.24) is 5.32 Å². The number of nitrogens with two attached hydrogens (primary N) is 1. The molecule has 3 nitrogen and oxygen atoms in total. The summed E-state index contributed by atoms with van der Waals surface area (Å²) in [7, 11) is 0. The van der Waals surface area contributed by atoms with Crippen LogP contribution in [-0.4, -0.2) is 11.9 Å². The molecule has 1 unspecified atom stereocenters. The maximum Gasteiger partial charge on any atom is 0.221 e. The van der Waals surface area contributed by atoms with Crippen LogP contribution in [0.2, 0.25) is 5.02 Å². The summed E-state index contributed by atoms with van der Waals surface area (Å²) in [4.78, 5) is 11.8. The number of hydrogen-bond donors (Lipinski definition) is 2. The molecule has 0 spiro atoms. The lowest BCUT2D eigenvalue weighted by Gasteiger charge is -2.22. The minimum Gasteiger partial charge on any atom is -0.352 e. The van der Waals surface area contributed by atoms with E-state index in [4.69, 9.17) is 17.3 Å². The molecule has 0 radical (unpaired) electrons. The van der Waals surface area contributed by atoms with Gasteiger partial charge in [0.1, 0.15) is 0 Å². The van der Waals surface area contributed by atoms with Crippen LogP contribution in [0.15, 0.2) is 24.3 Å². The molecular formula is C15H23ClN2O. The SMILES string of the molecule is CC(C)(C)CC(N)CC(=O)NCc1ccc(Cl)cc1. The van der Waals surface area contributed by atoms with Gasteiger partial charge in [0.25, 0.3) is 0 Å². The first-order chi connectivity index (χ1) is 8.76. The molecule has 106 valence electrons. The molecule has 0 aliphatic heterocycles. The standard InChI is InChI=1S/C15H23ClN2O/c1-15(2,3)9-13(17)8-14(19)18-10-11-4-6-12(16)7-5-11/h4-7,13H,8-10,17H2,1-3H3,(H,18,19). The number of carbonyl (C=O) groups is 1. The fourth-order valence-electron chi connectivity index (χ4n) is 1.97. The zero-order valence-electron chi connectivity index (χ0n) is 11.9. The van der Waals surface area contributed by atoms with E-state index in [1.54, 1.807) is 0 Å². The second-order valence-corrected chi connectivity index (χ2v) is 6.57. The molecule has 4 heteroatoms. The summed E-state index contributed by atoms with van der Waals surface area (Å²) in [6, 6.07) is 7.34. The van der Waals surface area contributed by atoms with Gasteiger partial charge < -0.3 is 11.1 Å². The molecule has 0 saturated carbocycles. The Bertz CT molecular complexity index is 409. The summed E-state index contributed by atoms with van der Waals surface area (Å²) in [6.07, 6.45) is 1.20. The molecule has 0 aliphatic rings. The van der Waals surface area contributed by atoms with Crippen molar-refractivity contribution in [3.05, 3.63) is 34.9 Å². The van der Waals surface area contributed by atoms with Crippen molar-refractivity contribution in [2.45, 2.75) is 46.2 Å². The molecule has 0 saturated heterocycles. The Morgan fingerprint density at radius 2 is 1.89 bits per heavy atom. The van der Waals surface area contributed by atoms with Gasteiger partial charge in [-0.3, -0.25) is 4.79 Å². The van der Waals surface area contributed by atoms with Crippen molar-refractivity contribution in [3.63, 3.8) is 0 Å².